The Hall–Kier alpha value is -3.98. The summed E-state index contributed by atoms with van der Waals surface area (Å²) in [5, 5.41) is 10.6. The molecule has 0 bridgehead atoms. The van der Waals surface area contributed by atoms with Crippen LogP contribution in [0.1, 0.15) is 5.56 Å². The summed E-state index contributed by atoms with van der Waals surface area (Å²) in [5.41, 5.74) is 5.48. The van der Waals surface area contributed by atoms with Gasteiger partial charge in [0.1, 0.15) is 5.75 Å². The first-order valence-corrected chi connectivity index (χ1v) is 10.5. The molecule has 9 heteroatoms. The van der Waals surface area contributed by atoms with E-state index in [-0.39, 0.29) is 0 Å². The monoisotopic (exact) mass is 489 g/mol. The Balaban J connectivity index is 1.57. The lowest BCUT2D eigenvalue weighted by Gasteiger charge is -2.10. The van der Waals surface area contributed by atoms with Gasteiger partial charge in [0.2, 0.25) is 17.8 Å². The fourth-order valence-corrected chi connectivity index (χ4v) is 3.16. The number of hydrazone groups is 1. The molecule has 8 nitrogen and oxygen atoms in total. The Morgan fingerprint density at radius 1 is 0.781 bits per heavy atom. The van der Waals surface area contributed by atoms with Crippen molar-refractivity contribution in [1.82, 2.24) is 15.0 Å². The van der Waals surface area contributed by atoms with Gasteiger partial charge >= 0.3 is 0 Å². The zero-order chi connectivity index (χ0) is 22.2. The molecule has 4 rings (SSSR count). The molecular weight excluding hydrogens is 470 g/mol. The maximum absolute atomic E-state index is 5.20. The van der Waals surface area contributed by atoms with Crippen molar-refractivity contribution in [3.63, 3.8) is 0 Å². The van der Waals surface area contributed by atoms with E-state index in [1.54, 1.807) is 13.3 Å². The lowest BCUT2D eigenvalue weighted by atomic mass is 10.2. The van der Waals surface area contributed by atoms with Gasteiger partial charge in [0.05, 0.1) is 13.3 Å². The number of anilines is 5. The molecule has 0 aliphatic heterocycles. The molecule has 0 fully saturated rings. The minimum atomic E-state index is 0.292. The summed E-state index contributed by atoms with van der Waals surface area (Å²) in [7, 11) is 1.63. The average Bonchev–Trinajstić information content (AvgIpc) is 2.80. The first-order chi connectivity index (χ1) is 15.7. The van der Waals surface area contributed by atoms with Crippen molar-refractivity contribution in [3.05, 3.63) is 88.9 Å². The topological polar surface area (TPSA) is 96.4 Å². The van der Waals surface area contributed by atoms with Gasteiger partial charge in [-0.2, -0.15) is 20.1 Å². The third-order valence-electron chi connectivity index (χ3n) is 4.24. The summed E-state index contributed by atoms with van der Waals surface area (Å²) in [6.07, 6.45) is 1.69. The lowest BCUT2D eigenvalue weighted by Crippen LogP contribution is -2.07. The summed E-state index contributed by atoms with van der Waals surface area (Å²) >= 11 is 3.45. The minimum absolute atomic E-state index is 0.292. The molecule has 0 atom stereocenters. The summed E-state index contributed by atoms with van der Waals surface area (Å²) in [5.74, 6) is 1.80. The summed E-state index contributed by atoms with van der Waals surface area (Å²) in [6.45, 7) is 0. The Kier molecular flexibility index (Phi) is 6.88. The molecule has 0 amide bonds. The third kappa shape index (κ3) is 6.02. The van der Waals surface area contributed by atoms with Gasteiger partial charge in [0.25, 0.3) is 0 Å². The number of hydrogen-bond donors (Lipinski definition) is 3. The predicted molar refractivity (Wildman–Crippen MR) is 131 cm³/mol. The summed E-state index contributed by atoms with van der Waals surface area (Å²) < 4.78 is 6.18. The molecule has 160 valence electrons. The normalized spacial score (nSPS) is 10.7. The molecule has 4 aromatic rings. The standard InChI is InChI=1S/C23H20BrN7O/c1-32-20-12-10-19(11-13-20)27-22-28-21(26-18-8-3-2-4-9-18)29-23(30-22)31-25-15-16-6-5-7-17(24)14-16/h2-15H,1H3,(H3,26,27,28,29,30,31)/b25-15-. The largest absolute Gasteiger partial charge is 0.497 e. The molecule has 0 spiro atoms. The van der Waals surface area contributed by atoms with Crippen molar-refractivity contribution in [3.8, 4) is 5.75 Å². The number of rotatable bonds is 8. The van der Waals surface area contributed by atoms with Crippen molar-refractivity contribution in [2.45, 2.75) is 0 Å². The van der Waals surface area contributed by atoms with Crippen LogP contribution in [0.2, 0.25) is 0 Å². The van der Waals surface area contributed by atoms with E-state index in [1.807, 2.05) is 78.9 Å². The van der Waals surface area contributed by atoms with Gasteiger partial charge in [-0.15, -0.1) is 0 Å². The van der Waals surface area contributed by atoms with E-state index in [9.17, 15) is 0 Å². The number of nitrogens with one attached hydrogen (secondary N) is 3. The third-order valence-corrected chi connectivity index (χ3v) is 4.73. The maximum atomic E-state index is 5.20. The highest BCUT2D eigenvalue weighted by Gasteiger charge is 2.08. The second-order valence-electron chi connectivity index (χ2n) is 6.58. The van der Waals surface area contributed by atoms with Crippen LogP contribution < -0.4 is 20.8 Å². The van der Waals surface area contributed by atoms with Crippen LogP contribution in [0.5, 0.6) is 5.75 Å². The fourth-order valence-electron chi connectivity index (χ4n) is 2.74. The van der Waals surface area contributed by atoms with Crippen LogP contribution >= 0.6 is 15.9 Å². The Labute approximate surface area is 193 Å². The molecule has 3 aromatic carbocycles. The van der Waals surface area contributed by atoms with E-state index in [4.69, 9.17) is 4.74 Å². The molecule has 1 aromatic heterocycles. The Morgan fingerprint density at radius 3 is 2.09 bits per heavy atom. The number of ether oxygens (including phenoxy) is 1. The van der Waals surface area contributed by atoms with E-state index >= 15 is 0 Å². The van der Waals surface area contributed by atoms with Gasteiger partial charge in [-0.3, -0.25) is 0 Å². The van der Waals surface area contributed by atoms with Gasteiger partial charge in [0, 0.05) is 15.8 Å². The zero-order valence-electron chi connectivity index (χ0n) is 17.2. The molecule has 0 unspecified atom stereocenters. The van der Waals surface area contributed by atoms with Gasteiger partial charge in [-0.1, -0.05) is 46.3 Å². The van der Waals surface area contributed by atoms with Gasteiger partial charge < -0.3 is 15.4 Å². The quantitative estimate of drug-likeness (QED) is 0.219. The van der Waals surface area contributed by atoms with Crippen molar-refractivity contribution < 1.29 is 4.74 Å². The second kappa shape index (κ2) is 10.4. The van der Waals surface area contributed by atoms with Crippen molar-refractivity contribution in [2.75, 3.05) is 23.2 Å². The highest BCUT2D eigenvalue weighted by molar-refractivity contribution is 9.10. The van der Waals surface area contributed by atoms with E-state index < -0.39 is 0 Å². The van der Waals surface area contributed by atoms with Gasteiger partial charge in [0.15, 0.2) is 0 Å². The van der Waals surface area contributed by atoms with E-state index in [1.165, 1.54) is 0 Å². The number of hydrogen-bond acceptors (Lipinski definition) is 8. The average molecular weight is 490 g/mol. The van der Waals surface area contributed by atoms with E-state index in [0.717, 1.165) is 27.2 Å². The molecule has 32 heavy (non-hydrogen) atoms. The van der Waals surface area contributed by atoms with Crippen LogP contribution in [0.4, 0.5) is 29.2 Å². The SMILES string of the molecule is COc1ccc(Nc2nc(N/N=C\c3cccc(Br)c3)nc(Nc3ccccc3)n2)cc1. The first-order valence-electron chi connectivity index (χ1n) is 9.72. The molecule has 3 N–H and O–H groups in total. The highest BCUT2D eigenvalue weighted by Crippen LogP contribution is 2.20. The first kappa shape index (κ1) is 21.3. The lowest BCUT2D eigenvalue weighted by molar-refractivity contribution is 0.415. The Morgan fingerprint density at radius 2 is 1.44 bits per heavy atom. The van der Waals surface area contributed by atoms with Crippen LogP contribution in [0.3, 0.4) is 0 Å². The number of aromatic nitrogens is 3. The van der Waals surface area contributed by atoms with Crippen molar-refractivity contribution in [1.29, 1.82) is 0 Å². The molecule has 0 radical (unpaired) electrons. The van der Waals surface area contributed by atoms with Gasteiger partial charge in [-0.05, 0) is 54.1 Å². The maximum Gasteiger partial charge on any atom is 0.250 e. The van der Waals surface area contributed by atoms with Crippen molar-refractivity contribution in [2.24, 2.45) is 5.10 Å². The summed E-state index contributed by atoms with van der Waals surface area (Å²) in [4.78, 5) is 13.3. The van der Waals surface area contributed by atoms with Crippen LogP contribution in [-0.4, -0.2) is 28.3 Å². The molecule has 0 saturated heterocycles. The van der Waals surface area contributed by atoms with Crippen LogP contribution in [0.25, 0.3) is 0 Å². The minimum Gasteiger partial charge on any atom is -0.497 e. The molecule has 1 heterocycles. The fraction of sp³-hybridized carbons (Fsp3) is 0.0435. The van der Waals surface area contributed by atoms with Crippen LogP contribution in [0.15, 0.2) is 88.4 Å². The van der Waals surface area contributed by atoms with E-state index in [0.29, 0.717) is 17.8 Å². The molecule has 0 aliphatic carbocycles. The number of para-hydroxylation sites is 1. The predicted octanol–water partition coefficient (Wildman–Crippen LogP) is 5.58. The number of halogens is 1. The molecular formula is C23H20BrN7O. The number of nitrogens with zero attached hydrogens (tertiary/aromatic N) is 4. The summed E-state index contributed by atoms with van der Waals surface area (Å²) in [6, 6.07) is 24.9. The van der Waals surface area contributed by atoms with Gasteiger partial charge in [-0.25, -0.2) is 5.43 Å². The van der Waals surface area contributed by atoms with Crippen molar-refractivity contribution >= 4 is 51.4 Å². The highest BCUT2D eigenvalue weighted by atomic mass is 79.9. The zero-order valence-corrected chi connectivity index (χ0v) is 18.7. The number of methoxy groups -OCH3 is 1. The smallest absolute Gasteiger partial charge is 0.250 e. The molecule has 0 aliphatic rings. The second-order valence-corrected chi connectivity index (χ2v) is 7.49. The van der Waals surface area contributed by atoms with Crippen LogP contribution in [0, 0.1) is 0 Å². The van der Waals surface area contributed by atoms with E-state index in [2.05, 4.69) is 52.0 Å². The molecule has 0 saturated carbocycles. The number of benzene rings is 3. The Bertz CT molecular complexity index is 1200. The van der Waals surface area contributed by atoms with Crippen LogP contribution in [-0.2, 0) is 0 Å².